The molecule has 1 saturated heterocycles. The van der Waals surface area contributed by atoms with Crippen molar-refractivity contribution in [1.29, 1.82) is 0 Å². The number of thiophene rings is 1. The molecule has 7 nitrogen and oxygen atoms in total. The lowest BCUT2D eigenvalue weighted by Gasteiger charge is -2.38. The van der Waals surface area contributed by atoms with Crippen molar-refractivity contribution in [3.63, 3.8) is 0 Å². The summed E-state index contributed by atoms with van der Waals surface area (Å²) in [5.41, 5.74) is 0. The molecule has 0 radical (unpaired) electrons. The molecule has 1 aromatic rings. The molecule has 9 heteroatoms. The first-order valence-electron chi connectivity index (χ1n) is 9.66. The number of rotatable bonds is 8. The van der Waals surface area contributed by atoms with E-state index >= 15 is 0 Å². The van der Waals surface area contributed by atoms with Crippen LogP contribution in [0.15, 0.2) is 21.7 Å². The highest BCUT2D eigenvalue weighted by atomic mass is 32.2. The second-order valence-corrected chi connectivity index (χ2v) is 10.8. The normalized spacial score (nSPS) is 30.8. The van der Waals surface area contributed by atoms with Crippen molar-refractivity contribution in [2.24, 2.45) is 17.8 Å². The second kappa shape index (κ2) is 8.16. The summed E-state index contributed by atoms with van der Waals surface area (Å²) in [6, 6.07) is 3.15. The van der Waals surface area contributed by atoms with Crippen LogP contribution in [0.4, 0.5) is 0 Å². The predicted octanol–water partition coefficient (Wildman–Crippen LogP) is 0.936. The molecule has 4 rings (SSSR count). The number of fused-ring (bicyclic) bond motifs is 1. The van der Waals surface area contributed by atoms with E-state index in [9.17, 15) is 13.2 Å². The Morgan fingerprint density at radius 1 is 1.26 bits per heavy atom. The van der Waals surface area contributed by atoms with Crippen LogP contribution in [-0.4, -0.2) is 52.7 Å². The minimum atomic E-state index is -3.63. The van der Waals surface area contributed by atoms with Gasteiger partial charge in [-0.25, -0.2) is 13.1 Å². The third-order valence-electron chi connectivity index (χ3n) is 5.79. The van der Waals surface area contributed by atoms with Gasteiger partial charge >= 0.3 is 0 Å². The summed E-state index contributed by atoms with van der Waals surface area (Å²) < 4.78 is 33.1. The lowest BCUT2D eigenvalue weighted by atomic mass is 9.77. The summed E-state index contributed by atoms with van der Waals surface area (Å²) in [5.74, 6) is 1.54. The van der Waals surface area contributed by atoms with Gasteiger partial charge in [0.05, 0.1) is 18.7 Å². The maximum Gasteiger partial charge on any atom is 0.250 e. The Balaban J connectivity index is 1.32. The monoisotopic (exact) mass is 413 g/mol. The van der Waals surface area contributed by atoms with E-state index in [0.29, 0.717) is 17.8 Å². The average Bonchev–Trinajstić information content (AvgIpc) is 3.10. The number of hydrogen-bond acceptors (Lipinski definition) is 6. The number of carbonyl (C=O) groups is 1. The largest absolute Gasteiger partial charge is 0.376 e. The lowest BCUT2D eigenvalue weighted by molar-refractivity contribution is -0.123. The highest BCUT2D eigenvalue weighted by molar-refractivity contribution is 7.91. The van der Waals surface area contributed by atoms with Crippen molar-refractivity contribution < 1.29 is 17.9 Å². The molecule has 3 N–H and O–H groups in total. The number of sulfonamides is 1. The van der Waals surface area contributed by atoms with Gasteiger partial charge < -0.3 is 15.4 Å². The molecule has 27 heavy (non-hydrogen) atoms. The number of hydrogen-bond donors (Lipinski definition) is 3. The van der Waals surface area contributed by atoms with Crippen LogP contribution in [0, 0.1) is 17.8 Å². The Bertz CT molecular complexity index is 749. The number of amides is 1. The fourth-order valence-electron chi connectivity index (χ4n) is 4.07. The van der Waals surface area contributed by atoms with Gasteiger partial charge in [0.1, 0.15) is 4.21 Å². The van der Waals surface area contributed by atoms with E-state index in [-0.39, 0.29) is 28.8 Å². The van der Waals surface area contributed by atoms with Crippen LogP contribution in [-0.2, 0) is 19.6 Å². The van der Waals surface area contributed by atoms with Gasteiger partial charge in [0.25, 0.3) is 10.0 Å². The predicted molar refractivity (Wildman–Crippen MR) is 103 cm³/mol. The summed E-state index contributed by atoms with van der Waals surface area (Å²) in [4.78, 5) is 12.4. The van der Waals surface area contributed by atoms with Gasteiger partial charge in [-0.15, -0.1) is 11.3 Å². The van der Waals surface area contributed by atoms with Crippen LogP contribution in [0.5, 0.6) is 0 Å². The highest BCUT2D eigenvalue weighted by Crippen LogP contribution is 2.36. The van der Waals surface area contributed by atoms with Gasteiger partial charge in [0.2, 0.25) is 5.91 Å². The van der Waals surface area contributed by atoms with Crippen molar-refractivity contribution in [2.45, 2.75) is 42.0 Å². The maximum atomic E-state index is 12.4. The van der Waals surface area contributed by atoms with Crippen molar-refractivity contribution in [2.75, 3.05) is 26.2 Å². The van der Waals surface area contributed by atoms with Crippen LogP contribution in [0.2, 0.25) is 0 Å². The fraction of sp³-hybridized carbons (Fsp3) is 0.722. The number of ether oxygens (including phenoxy) is 1. The minimum Gasteiger partial charge on any atom is -0.376 e. The van der Waals surface area contributed by atoms with Crippen LogP contribution in [0.25, 0.3) is 0 Å². The zero-order chi connectivity index (χ0) is 18.9. The highest BCUT2D eigenvalue weighted by Gasteiger charge is 2.41. The maximum absolute atomic E-state index is 12.4. The van der Waals surface area contributed by atoms with Crippen molar-refractivity contribution in [3.05, 3.63) is 17.5 Å². The molecule has 3 fully saturated rings. The van der Waals surface area contributed by atoms with E-state index in [1.54, 1.807) is 11.4 Å². The molecule has 1 aliphatic heterocycles. The van der Waals surface area contributed by atoms with Crippen LogP contribution >= 0.6 is 11.3 Å². The van der Waals surface area contributed by atoms with E-state index in [4.69, 9.17) is 4.74 Å². The Labute approximate surface area is 164 Å². The first kappa shape index (κ1) is 19.3. The molecule has 4 atom stereocenters. The molecular formula is C18H27N3O4S2. The third-order valence-corrected chi connectivity index (χ3v) is 8.59. The summed E-state index contributed by atoms with van der Waals surface area (Å²) in [6.45, 7) is 2.53. The van der Waals surface area contributed by atoms with Crippen LogP contribution < -0.4 is 15.4 Å². The Morgan fingerprint density at radius 2 is 2.04 bits per heavy atom. The Kier molecular flexibility index (Phi) is 5.84. The molecular weight excluding hydrogens is 386 g/mol. The molecule has 2 saturated carbocycles. The molecule has 150 valence electrons. The summed E-state index contributed by atoms with van der Waals surface area (Å²) >= 11 is 1.13. The standard InChI is InChI=1S/C18H27N3O4S2/c22-17(10-20-27(23,24)18-2-1-5-26-18)21-15-6-13-8-19-9-14(13)7-16(15)25-11-12-3-4-12/h1-2,5,12-16,19-20H,3-4,6-11H2,(H,21,22)/t13-,14+,15-,16-/m0/s1. The molecule has 2 heterocycles. The van der Waals surface area contributed by atoms with E-state index in [1.807, 2.05) is 0 Å². The van der Waals surface area contributed by atoms with Gasteiger partial charge in [-0.2, -0.15) is 0 Å². The zero-order valence-corrected chi connectivity index (χ0v) is 16.9. The SMILES string of the molecule is O=C(CNS(=O)(=O)c1cccs1)N[C@H]1C[C@H]2CNC[C@H]2C[C@@H]1OCC1CC1. The van der Waals surface area contributed by atoms with Crippen molar-refractivity contribution in [3.8, 4) is 0 Å². The van der Waals surface area contributed by atoms with E-state index in [0.717, 1.165) is 43.9 Å². The summed E-state index contributed by atoms with van der Waals surface area (Å²) in [6.07, 6.45) is 4.33. The Hall–Kier alpha value is -1.00. The molecule has 0 unspecified atom stereocenters. The third kappa shape index (κ3) is 4.89. The van der Waals surface area contributed by atoms with Gasteiger partial charge in [-0.3, -0.25) is 4.79 Å². The molecule has 2 aliphatic carbocycles. The van der Waals surface area contributed by atoms with Crippen LogP contribution in [0.1, 0.15) is 25.7 Å². The second-order valence-electron chi connectivity index (χ2n) is 7.90. The quantitative estimate of drug-likeness (QED) is 0.589. The summed E-state index contributed by atoms with van der Waals surface area (Å²) in [5, 5.41) is 8.17. The number of carbonyl (C=O) groups excluding carboxylic acids is 1. The van der Waals surface area contributed by atoms with E-state index in [1.165, 1.54) is 18.9 Å². The summed E-state index contributed by atoms with van der Waals surface area (Å²) in [7, 11) is -3.63. The fourth-order valence-corrected chi connectivity index (χ4v) is 6.09. The van der Waals surface area contributed by atoms with Gasteiger partial charge in [-0.1, -0.05) is 6.07 Å². The van der Waals surface area contributed by atoms with Gasteiger partial charge in [0.15, 0.2) is 0 Å². The Morgan fingerprint density at radius 3 is 2.74 bits per heavy atom. The topological polar surface area (TPSA) is 96.5 Å². The minimum absolute atomic E-state index is 0.0182. The molecule has 1 amide bonds. The van der Waals surface area contributed by atoms with Crippen LogP contribution in [0.3, 0.4) is 0 Å². The first-order chi connectivity index (χ1) is 13.0. The molecule has 0 spiro atoms. The number of nitrogens with one attached hydrogen (secondary N) is 3. The molecule has 3 aliphatic rings. The smallest absolute Gasteiger partial charge is 0.250 e. The molecule has 0 aromatic carbocycles. The van der Waals surface area contributed by atoms with E-state index < -0.39 is 10.0 Å². The molecule has 0 bridgehead atoms. The van der Waals surface area contributed by atoms with Crippen molar-refractivity contribution in [1.82, 2.24) is 15.4 Å². The van der Waals surface area contributed by atoms with Gasteiger partial charge in [0, 0.05) is 6.61 Å². The molecule has 1 aromatic heterocycles. The zero-order valence-electron chi connectivity index (χ0n) is 15.2. The average molecular weight is 414 g/mol. The van der Waals surface area contributed by atoms with Gasteiger partial charge in [-0.05, 0) is 68.0 Å². The van der Waals surface area contributed by atoms with Crippen molar-refractivity contribution >= 4 is 27.3 Å². The first-order valence-corrected chi connectivity index (χ1v) is 12.0. The lowest BCUT2D eigenvalue weighted by Crippen LogP contribution is -2.52. The van der Waals surface area contributed by atoms with E-state index in [2.05, 4.69) is 15.4 Å².